The minimum atomic E-state index is -0.0735. The van der Waals surface area contributed by atoms with Gasteiger partial charge in [-0.3, -0.25) is 9.78 Å². The zero-order valence-corrected chi connectivity index (χ0v) is 9.68. The molecule has 0 spiro atoms. The second-order valence-electron chi connectivity index (χ2n) is 3.85. The summed E-state index contributed by atoms with van der Waals surface area (Å²) in [5.74, 6) is -0.0735. The van der Waals surface area contributed by atoms with Crippen LogP contribution < -0.4 is 5.32 Å². The quantitative estimate of drug-likeness (QED) is 0.872. The predicted molar refractivity (Wildman–Crippen MR) is 66.6 cm³/mol. The van der Waals surface area contributed by atoms with Gasteiger partial charge in [-0.05, 0) is 30.2 Å². The van der Waals surface area contributed by atoms with Crippen molar-refractivity contribution in [1.29, 1.82) is 0 Å². The zero-order valence-electron chi connectivity index (χ0n) is 9.68. The SMILES string of the molecule is Cc1ccccc1CNC(=O)c1ccncc1. The van der Waals surface area contributed by atoms with Crippen LogP contribution in [0.1, 0.15) is 21.5 Å². The van der Waals surface area contributed by atoms with E-state index in [1.807, 2.05) is 31.2 Å². The number of carbonyl (C=O) groups excluding carboxylic acids is 1. The molecule has 86 valence electrons. The van der Waals surface area contributed by atoms with E-state index in [0.717, 1.165) is 5.56 Å². The highest BCUT2D eigenvalue weighted by Gasteiger charge is 2.04. The first-order valence-electron chi connectivity index (χ1n) is 5.50. The van der Waals surface area contributed by atoms with Gasteiger partial charge in [0, 0.05) is 24.5 Å². The van der Waals surface area contributed by atoms with Gasteiger partial charge in [0.05, 0.1) is 0 Å². The third-order valence-corrected chi connectivity index (χ3v) is 2.64. The number of nitrogens with zero attached hydrogens (tertiary/aromatic N) is 1. The molecule has 0 unspecified atom stereocenters. The molecule has 0 aliphatic carbocycles. The van der Waals surface area contributed by atoms with Crippen LogP contribution in [0.15, 0.2) is 48.8 Å². The van der Waals surface area contributed by atoms with Gasteiger partial charge in [0.2, 0.25) is 0 Å². The molecule has 1 heterocycles. The number of benzene rings is 1. The lowest BCUT2D eigenvalue weighted by atomic mass is 10.1. The second kappa shape index (κ2) is 5.25. The fourth-order valence-electron chi connectivity index (χ4n) is 1.59. The van der Waals surface area contributed by atoms with Crippen LogP contribution in [0.3, 0.4) is 0 Å². The molecule has 2 aromatic rings. The maximum absolute atomic E-state index is 11.8. The summed E-state index contributed by atoms with van der Waals surface area (Å²) in [6.45, 7) is 2.59. The fraction of sp³-hybridized carbons (Fsp3) is 0.143. The summed E-state index contributed by atoms with van der Waals surface area (Å²) >= 11 is 0. The molecule has 0 saturated heterocycles. The molecule has 1 aromatic carbocycles. The molecule has 0 radical (unpaired) electrons. The minimum Gasteiger partial charge on any atom is -0.348 e. The predicted octanol–water partition coefficient (Wildman–Crippen LogP) is 2.32. The molecular formula is C14H14N2O. The van der Waals surface area contributed by atoms with Crippen molar-refractivity contribution in [3.05, 3.63) is 65.5 Å². The van der Waals surface area contributed by atoms with E-state index in [2.05, 4.69) is 10.3 Å². The van der Waals surface area contributed by atoms with Gasteiger partial charge in [-0.25, -0.2) is 0 Å². The smallest absolute Gasteiger partial charge is 0.251 e. The molecule has 1 N–H and O–H groups in total. The van der Waals surface area contributed by atoms with Crippen LogP contribution in [-0.4, -0.2) is 10.9 Å². The second-order valence-corrected chi connectivity index (χ2v) is 3.85. The summed E-state index contributed by atoms with van der Waals surface area (Å²) in [6.07, 6.45) is 3.23. The highest BCUT2D eigenvalue weighted by Crippen LogP contribution is 2.06. The van der Waals surface area contributed by atoms with Crippen LogP contribution >= 0.6 is 0 Å². The van der Waals surface area contributed by atoms with E-state index in [-0.39, 0.29) is 5.91 Å². The molecule has 3 nitrogen and oxygen atoms in total. The Morgan fingerprint density at radius 3 is 2.59 bits per heavy atom. The number of pyridine rings is 1. The van der Waals surface area contributed by atoms with Gasteiger partial charge in [-0.2, -0.15) is 0 Å². The van der Waals surface area contributed by atoms with Crippen LogP contribution in [0.5, 0.6) is 0 Å². The third kappa shape index (κ3) is 2.91. The Kier molecular flexibility index (Phi) is 3.50. The van der Waals surface area contributed by atoms with Crippen molar-refractivity contribution in [3.63, 3.8) is 0 Å². The molecule has 1 aromatic heterocycles. The number of aryl methyl sites for hydroxylation is 1. The Morgan fingerprint density at radius 2 is 1.88 bits per heavy atom. The van der Waals surface area contributed by atoms with Crippen molar-refractivity contribution < 1.29 is 4.79 Å². The lowest BCUT2D eigenvalue weighted by Gasteiger charge is -2.07. The van der Waals surface area contributed by atoms with Crippen LogP contribution in [0.4, 0.5) is 0 Å². The van der Waals surface area contributed by atoms with E-state index in [4.69, 9.17) is 0 Å². The number of hydrogen-bond donors (Lipinski definition) is 1. The van der Waals surface area contributed by atoms with Gasteiger partial charge >= 0.3 is 0 Å². The molecule has 0 aliphatic heterocycles. The fourth-order valence-corrected chi connectivity index (χ4v) is 1.59. The van der Waals surface area contributed by atoms with Crippen molar-refractivity contribution in [2.24, 2.45) is 0 Å². The highest BCUT2D eigenvalue weighted by molar-refractivity contribution is 5.93. The Balaban J connectivity index is 2.00. The standard InChI is InChI=1S/C14H14N2O/c1-11-4-2-3-5-13(11)10-16-14(17)12-6-8-15-9-7-12/h2-9H,10H2,1H3,(H,16,17). The van der Waals surface area contributed by atoms with Crippen LogP contribution in [0.2, 0.25) is 0 Å². The Labute approximate surface area is 101 Å². The highest BCUT2D eigenvalue weighted by atomic mass is 16.1. The van der Waals surface area contributed by atoms with Crippen molar-refractivity contribution in [1.82, 2.24) is 10.3 Å². The number of carbonyl (C=O) groups is 1. The lowest BCUT2D eigenvalue weighted by molar-refractivity contribution is 0.0951. The average molecular weight is 226 g/mol. The van der Waals surface area contributed by atoms with Crippen LogP contribution in [0, 0.1) is 6.92 Å². The number of hydrogen-bond acceptors (Lipinski definition) is 2. The molecule has 0 saturated carbocycles. The van der Waals surface area contributed by atoms with Crippen molar-refractivity contribution >= 4 is 5.91 Å². The Bertz CT molecular complexity index is 509. The molecule has 1 amide bonds. The first-order valence-corrected chi connectivity index (χ1v) is 5.50. The Hall–Kier alpha value is -2.16. The zero-order chi connectivity index (χ0) is 12.1. The molecule has 0 fully saturated rings. The van der Waals surface area contributed by atoms with Gasteiger partial charge in [-0.1, -0.05) is 24.3 Å². The molecule has 0 aliphatic rings. The topological polar surface area (TPSA) is 42.0 Å². The minimum absolute atomic E-state index is 0.0735. The van der Waals surface area contributed by atoms with E-state index in [1.165, 1.54) is 5.56 Å². The van der Waals surface area contributed by atoms with Gasteiger partial charge in [0.15, 0.2) is 0 Å². The van der Waals surface area contributed by atoms with Crippen molar-refractivity contribution in [2.75, 3.05) is 0 Å². The molecule has 2 rings (SSSR count). The van der Waals surface area contributed by atoms with E-state index in [1.54, 1.807) is 24.5 Å². The summed E-state index contributed by atoms with van der Waals surface area (Å²) in [7, 11) is 0. The normalized spacial score (nSPS) is 9.94. The summed E-state index contributed by atoms with van der Waals surface area (Å²) in [6, 6.07) is 11.4. The number of amides is 1. The van der Waals surface area contributed by atoms with E-state index in [9.17, 15) is 4.79 Å². The molecule has 17 heavy (non-hydrogen) atoms. The summed E-state index contributed by atoms with van der Waals surface area (Å²) in [5.41, 5.74) is 2.95. The van der Waals surface area contributed by atoms with Crippen molar-refractivity contribution in [3.8, 4) is 0 Å². The largest absolute Gasteiger partial charge is 0.348 e. The maximum Gasteiger partial charge on any atom is 0.251 e. The molecule has 0 bridgehead atoms. The third-order valence-electron chi connectivity index (χ3n) is 2.64. The van der Waals surface area contributed by atoms with Gasteiger partial charge in [0.25, 0.3) is 5.91 Å². The van der Waals surface area contributed by atoms with Crippen LogP contribution in [-0.2, 0) is 6.54 Å². The number of rotatable bonds is 3. The van der Waals surface area contributed by atoms with E-state index in [0.29, 0.717) is 12.1 Å². The monoisotopic (exact) mass is 226 g/mol. The van der Waals surface area contributed by atoms with Crippen LogP contribution in [0.25, 0.3) is 0 Å². The van der Waals surface area contributed by atoms with E-state index >= 15 is 0 Å². The average Bonchev–Trinajstić information content (AvgIpc) is 2.38. The first kappa shape index (κ1) is 11.3. The number of nitrogens with one attached hydrogen (secondary N) is 1. The molecule has 3 heteroatoms. The molecular weight excluding hydrogens is 212 g/mol. The van der Waals surface area contributed by atoms with Gasteiger partial charge < -0.3 is 5.32 Å². The first-order chi connectivity index (χ1) is 8.27. The maximum atomic E-state index is 11.8. The number of aromatic nitrogens is 1. The lowest BCUT2D eigenvalue weighted by Crippen LogP contribution is -2.23. The summed E-state index contributed by atoms with van der Waals surface area (Å²) in [4.78, 5) is 15.7. The molecule has 0 atom stereocenters. The summed E-state index contributed by atoms with van der Waals surface area (Å²) < 4.78 is 0. The summed E-state index contributed by atoms with van der Waals surface area (Å²) in [5, 5.41) is 2.89. The van der Waals surface area contributed by atoms with Crippen molar-refractivity contribution in [2.45, 2.75) is 13.5 Å². The van der Waals surface area contributed by atoms with Gasteiger partial charge in [-0.15, -0.1) is 0 Å². The Morgan fingerprint density at radius 1 is 1.18 bits per heavy atom. The van der Waals surface area contributed by atoms with E-state index < -0.39 is 0 Å². The van der Waals surface area contributed by atoms with Gasteiger partial charge in [0.1, 0.15) is 0 Å².